The molecule has 0 heterocycles. The van der Waals surface area contributed by atoms with Gasteiger partial charge < -0.3 is 24.3 Å². The van der Waals surface area contributed by atoms with Crippen LogP contribution in [0.2, 0.25) is 5.02 Å². The molecule has 184 valence electrons. The minimum Gasteiger partial charge on any atom is -0.496 e. The fraction of sp³-hybridized carbons (Fsp3) is 0.385. The number of carbonyl (C=O) groups excluding carboxylic acids is 2. The van der Waals surface area contributed by atoms with Gasteiger partial charge in [0.2, 0.25) is 5.91 Å². The van der Waals surface area contributed by atoms with Gasteiger partial charge in [0.1, 0.15) is 11.3 Å². The van der Waals surface area contributed by atoms with Crippen molar-refractivity contribution in [2.45, 2.75) is 39.5 Å². The van der Waals surface area contributed by atoms with Crippen molar-refractivity contribution in [1.82, 2.24) is 0 Å². The topological polar surface area (TPSA) is 83.1 Å². The molecule has 34 heavy (non-hydrogen) atoms. The summed E-state index contributed by atoms with van der Waals surface area (Å²) in [7, 11) is 3.00. The standard InChI is InChI=1S/C26H32ClNO6/c1-5-7-8-9-14-34-22-12-10-18(15-24(22)32-4)11-13-25(29)28-21-17-23(31-3)19(16-20(21)27)26(30)33-6-2/h10-13,15-17H,5-9,14H2,1-4H3,(H,28,29)/b13-11+. The maximum atomic E-state index is 12.5. The maximum absolute atomic E-state index is 12.5. The quantitative estimate of drug-likeness (QED) is 0.206. The molecule has 7 nitrogen and oxygen atoms in total. The molecule has 0 atom stereocenters. The third-order valence-corrected chi connectivity index (χ3v) is 5.23. The van der Waals surface area contributed by atoms with Crippen LogP contribution in [0, 0.1) is 0 Å². The number of hydrogen-bond donors (Lipinski definition) is 1. The average molecular weight is 490 g/mol. The second-order valence-corrected chi connectivity index (χ2v) is 7.80. The van der Waals surface area contributed by atoms with E-state index in [0.717, 1.165) is 18.4 Å². The number of nitrogens with one attached hydrogen (secondary N) is 1. The maximum Gasteiger partial charge on any atom is 0.341 e. The Morgan fingerprint density at radius 3 is 2.41 bits per heavy atom. The van der Waals surface area contributed by atoms with Crippen LogP contribution in [0.1, 0.15) is 55.5 Å². The van der Waals surface area contributed by atoms with E-state index in [1.54, 1.807) is 26.2 Å². The summed E-state index contributed by atoms with van der Waals surface area (Å²) in [6, 6.07) is 8.36. The summed E-state index contributed by atoms with van der Waals surface area (Å²) in [6.45, 7) is 4.73. The Kier molecular flexibility index (Phi) is 11.3. The van der Waals surface area contributed by atoms with Gasteiger partial charge in [0.05, 0.1) is 38.1 Å². The molecule has 1 N–H and O–H groups in total. The molecule has 0 aliphatic rings. The van der Waals surface area contributed by atoms with Gasteiger partial charge in [-0.25, -0.2) is 4.79 Å². The summed E-state index contributed by atoms with van der Waals surface area (Å²) >= 11 is 6.26. The lowest BCUT2D eigenvalue weighted by atomic mass is 10.1. The largest absolute Gasteiger partial charge is 0.496 e. The number of hydrogen-bond acceptors (Lipinski definition) is 6. The number of unbranched alkanes of at least 4 members (excludes halogenated alkanes) is 3. The van der Waals surface area contributed by atoms with Crippen molar-refractivity contribution < 1.29 is 28.5 Å². The number of esters is 1. The molecule has 0 saturated heterocycles. The van der Waals surface area contributed by atoms with Crippen molar-refractivity contribution >= 4 is 35.2 Å². The van der Waals surface area contributed by atoms with E-state index in [0.29, 0.717) is 23.8 Å². The molecule has 8 heteroatoms. The van der Waals surface area contributed by atoms with Crippen molar-refractivity contribution in [2.75, 3.05) is 32.8 Å². The third-order valence-electron chi connectivity index (χ3n) is 4.91. The van der Waals surface area contributed by atoms with Gasteiger partial charge in [-0.2, -0.15) is 0 Å². The number of ether oxygens (including phenoxy) is 4. The van der Waals surface area contributed by atoms with Gasteiger partial charge in [-0.05, 0) is 43.2 Å². The lowest BCUT2D eigenvalue weighted by Crippen LogP contribution is -2.11. The minimum absolute atomic E-state index is 0.183. The van der Waals surface area contributed by atoms with E-state index in [9.17, 15) is 9.59 Å². The molecule has 0 fully saturated rings. The molecule has 2 aromatic carbocycles. The predicted octanol–water partition coefficient (Wildman–Crippen LogP) is 6.14. The number of carbonyl (C=O) groups is 2. The number of halogens is 1. The van der Waals surface area contributed by atoms with Crippen molar-refractivity contribution in [2.24, 2.45) is 0 Å². The summed E-state index contributed by atoms with van der Waals surface area (Å²) in [5.74, 6) is 0.558. The van der Waals surface area contributed by atoms with Gasteiger partial charge in [0.15, 0.2) is 11.5 Å². The summed E-state index contributed by atoms with van der Waals surface area (Å²) in [5.41, 5.74) is 1.26. The summed E-state index contributed by atoms with van der Waals surface area (Å²) in [4.78, 5) is 24.5. The first-order valence-corrected chi connectivity index (χ1v) is 11.7. The fourth-order valence-corrected chi connectivity index (χ4v) is 3.36. The van der Waals surface area contributed by atoms with Gasteiger partial charge in [0, 0.05) is 12.1 Å². The molecular formula is C26H32ClNO6. The SMILES string of the molecule is CCCCCCOc1ccc(/C=C/C(=O)Nc2cc(OC)c(C(=O)OCC)cc2Cl)cc1OC. The fourth-order valence-electron chi connectivity index (χ4n) is 3.15. The number of rotatable bonds is 13. The summed E-state index contributed by atoms with van der Waals surface area (Å²) < 4.78 is 21.5. The Morgan fingerprint density at radius 1 is 0.971 bits per heavy atom. The van der Waals surface area contributed by atoms with Gasteiger partial charge in [-0.15, -0.1) is 0 Å². The lowest BCUT2D eigenvalue weighted by Gasteiger charge is -2.12. The number of anilines is 1. The highest BCUT2D eigenvalue weighted by Crippen LogP contribution is 2.32. The van der Waals surface area contributed by atoms with Crippen LogP contribution in [0.4, 0.5) is 5.69 Å². The Bertz CT molecular complexity index is 1010. The zero-order chi connectivity index (χ0) is 24.9. The number of benzene rings is 2. The number of amides is 1. The Morgan fingerprint density at radius 2 is 1.74 bits per heavy atom. The summed E-state index contributed by atoms with van der Waals surface area (Å²) in [6.07, 6.45) is 7.53. The van der Waals surface area contributed by atoms with Crippen LogP contribution < -0.4 is 19.5 Å². The zero-order valence-corrected chi connectivity index (χ0v) is 20.9. The Balaban J connectivity index is 2.06. The van der Waals surface area contributed by atoms with Gasteiger partial charge in [0.25, 0.3) is 0 Å². The highest BCUT2D eigenvalue weighted by atomic mass is 35.5. The third kappa shape index (κ3) is 7.99. The molecule has 0 spiro atoms. The van der Waals surface area contributed by atoms with Crippen LogP contribution in [0.15, 0.2) is 36.4 Å². The first-order valence-electron chi connectivity index (χ1n) is 11.3. The molecular weight excluding hydrogens is 458 g/mol. The normalized spacial score (nSPS) is 10.7. The molecule has 0 unspecified atom stereocenters. The Labute approximate surface area is 206 Å². The van der Waals surface area contributed by atoms with E-state index in [4.69, 9.17) is 30.5 Å². The first-order chi connectivity index (χ1) is 16.4. The molecule has 0 saturated carbocycles. The average Bonchev–Trinajstić information content (AvgIpc) is 2.84. The second-order valence-electron chi connectivity index (χ2n) is 7.39. The molecule has 0 bridgehead atoms. The van der Waals surface area contributed by atoms with Crippen LogP contribution in [-0.4, -0.2) is 39.3 Å². The monoisotopic (exact) mass is 489 g/mol. The zero-order valence-electron chi connectivity index (χ0n) is 20.1. The van der Waals surface area contributed by atoms with E-state index in [2.05, 4.69) is 12.2 Å². The second kappa shape index (κ2) is 14.2. The van der Waals surface area contributed by atoms with E-state index in [1.165, 1.54) is 38.2 Å². The van der Waals surface area contributed by atoms with Crippen molar-refractivity contribution in [1.29, 1.82) is 0 Å². The lowest BCUT2D eigenvalue weighted by molar-refractivity contribution is -0.111. The number of methoxy groups -OCH3 is 2. The van der Waals surface area contributed by atoms with Crippen LogP contribution in [0.3, 0.4) is 0 Å². The van der Waals surface area contributed by atoms with Crippen LogP contribution in [-0.2, 0) is 9.53 Å². The van der Waals surface area contributed by atoms with Gasteiger partial charge in [-0.1, -0.05) is 43.9 Å². The molecule has 2 aromatic rings. The molecule has 0 aliphatic carbocycles. The summed E-state index contributed by atoms with van der Waals surface area (Å²) in [5, 5.41) is 2.88. The van der Waals surface area contributed by atoms with Crippen LogP contribution >= 0.6 is 11.6 Å². The predicted molar refractivity (Wildman–Crippen MR) is 134 cm³/mol. The molecule has 0 aliphatic heterocycles. The van der Waals surface area contributed by atoms with Gasteiger partial charge >= 0.3 is 5.97 Å². The van der Waals surface area contributed by atoms with Crippen LogP contribution in [0.5, 0.6) is 17.2 Å². The highest BCUT2D eigenvalue weighted by molar-refractivity contribution is 6.34. The van der Waals surface area contributed by atoms with Crippen molar-refractivity contribution in [3.63, 3.8) is 0 Å². The van der Waals surface area contributed by atoms with E-state index >= 15 is 0 Å². The molecule has 0 radical (unpaired) electrons. The van der Waals surface area contributed by atoms with E-state index in [1.807, 2.05) is 12.1 Å². The van der Waals surface area contributed by atoms with E-state index in [-0.39, 0.29) is 22.9 Å². The van der Waals surface area contributed by atoms with Crippen LogP contribution in [0.25, 0.3) is 6.08 Å². The Hall–Kier alpha value is -3.19. The first kappa shape index (κ1) is 27.1. The minimum atomic E-state index is -0.554. The van der Waals surface area contributed by atoms with Gasteiger partial charge in [-0.3, -0.25) is 4.79 Å². The molecule has 0 aromatic heterocycles. The van der Waals surface area contributed by atoms with E-state index < -0.39 is 11.9 Å². The highest BCUT2D eigenvalue weighted by Gasteiger charge is 2.17. The smallest absolute Gasteiger partial charge is 0.341 e. The molecule has 1 amide bonds. The molecule has 2 rings (SSSR count). The van der Waals surface area contributed by atoms with Crippen molar-refractivity contribution in [3.05, 3.63) is 52.6 Å². The van der Waals surface area contributed by atoms with Crippen molar-refractivity contribution in [3.8, 4) is 17.2 Å².